The van der Waals surface area contributed by atoms with Crippen molar-refractivity contribution in [1.82, 2.24) is 15.2 Å². The van der Waals surface area contributed by atoms with Gasteiger partial charge in [-0.25, -0.2) is 14.6 Å². The first kappa shape index (κ1) is 62.6. The van der Waals surface area contributed by atoms with Crippen molar-refractivity contribution in [3.63, 3.8) is 0 Å². The fourth-order valence-electron chi connectivity index (χ4n) is 10.8. The summed E-state index contributed by atoms with van der Waals surface area (Å²) in [5, 5.41) is 12.0. The Labute approximate surface area is 537 Å². The predicted molar refractivity (Wildman–Crippen MR) is 345 cm³/mol. The topological polar surface area (TPSA) is 227 Å². The maximum Gasteiger partial charge on any atom is 0.356 e. The number of hydrogen-bond acceptors (Lipinski definition) is 18. The third-order valence-electron chi connectivity index (χ3n) is 15.0. The van der Waals surface area contributed by atoms with Crippen LogP contribution in [-0.2, 0) is 58.1 Å². The Morgan fingerprint density at radius 2 is 1.05 bits per heavy atom. The summed E-state index contributed by atoms with van der Waals surface area (Å²) in [7, 11) is 0. The fraction of sp³-hybridized carbons (Fsp3) is 0.153. The third kappa shape index (κ3) is 14.1. The highest BCUT2D eigenvalue weighted by atomic mass is 32.2. The van der Waals surface area contributed by atoms with E-state index >= 15 is 9.59 Å². The molecule has 2 aliphatic heterocycles. The molecule has 1 aromatic heterocycles. The van der Waals surface area contributed by atoms with E-state index in [0.717, 1.165) is 41.9 Å². The first-order valence-electron chi connectivity index (χ1n) is 29.1. The number of carbonyl (C=O) groups is 7. The minimum atomic E-state index is -1.87. The van der Waals surface area contributed by atoms with Crippen molar-refractivity contribution in [3.05, 3.63) is 297 Å². The largest absolute Gasteiger partial charge is 0.461 e. The number of hydrogen-bond donors (Lipinski definition) is 2. The normalized spacial score (nSPS) is 14.9. The molecule has 2 N–H and O–H groups in total. The van der Waals surface area contributed by atoms with Gasteiger partial charge in [0.1, 0.15) is 35.0 Å². The Balaban J connectivity index is 0.997. The number of thiazole rings is 1. The number of nitrogens with zero attached hydrogens (tertiary/aromatic N) is 3. The van der Waals surface area contributed by atoms with Crippen LogP contribution in [0.25, 0.3) is 0 Å². The number of aromatic nitrogens is 1. The number of amides is 2. The SMILES string of the molecule is CC(=O)OCC1=C(C(=O)OC(c2ccccc2)c2ccccc2)N2C(=O)[C@@H](NC(=O)C(=NOC(C(=O)OC(c3ccccc3)c3ccccc3)c3ccc(OC(C)=O)c(OC(C)=O)c3)c3csc(NC(c4ccccc4)(c4ccccc4)c4ccccc4)n3)[C@H]2SC1. The van der Waals surface area contributed by atoms with Crippen LogP contribution in [0.15, 0.2) is 252 Å². The molecule has 92 heavy (non-hydrogen) atoms. The number of oxime groups is 1. The molecule has 1 unspecified atom stereocenters. The molecule has 3 atom stereocenters. The molecule has 9 aromatic rings. The Bertz CT molecular complexity index is 4030. The van der Waals surface area contributed by atoms with Gasteiger partial charge >= 0.3 is 29.8 Å². The Hall–Kier alpha value is -11.0. The molecule has 2 aliphatic rings. The van der Waals surface area contributed by atoms with Crippen molar-refractivity contribution in [3.8, 4) is 11.5 Å². The number of anilines is 1. The van der Waals surface area contributed by atoms with E-state index in [2.05, 4.69) is 15.8 Å². The van der Waals surface area contributed by atoms with Crippen molar-refractivity contribution in [1.29, 1.82) is 0 Å². The number of esters is 5. The molecule has 0 bridgehead atoms. The number of benzene rings is 8. The number of fused-ring (bicyclic) bond motifs is 1. The third-order valence-corrected chi connectivity index (χ3v) is 17.1. The summed E-state index contributed by atoms with van der Waals surface area (Å²) in [6.45, 7) is 3.21. The van der Waals surface area contributed by atoms with E-state index in [0.29, 0.717) is 33.0 Å². The summed E-state index contributed by atoms with van der Waals surface area (Å²) in [5.74, 6) is -6.06. The summed E-state index contributed by atoms with van der Waals surface area (Å²) in [5.41, 5.74) is 3.53. The van der Waals surface area contributed by atoms with Crippen LogP contribution in [0.3, 0.4) is 0 Å². The van der Waals surface area contributed by atoms with Crippen LogP contribution >= 0.6 is 23.1 Å². The van der Waals surface area contributed by atoms with Crippen molar-refractivity contribution in [2.45, 2.75) is 56.0 Å². The molecule has 462 valence electrons. The van der Waals surface area contributed by atoms with E-state index < -0.39 is 82.6 Å². The molecule has 1 saturated heterocycles. The second-order valence-electron chi connectivity index (χ2n) is 21.2. The summed E-state index contributed by atoms with van der Waals surface area (Å²) in [6.07, 6.45) is -3.80. The Morgan fingerprint density at radius 3 is 1.53 bits per heavy atom. The molecule has 11 rings (SSSR count). The molecule has 0 spiro atoms. The summed E-state index contributed by atoms with van der Waals surface area (Å²) in [6, 6.07) is 68.0. The fourth-order valence-corrected chi connectivity index (χ4v) is 12.9. The molecule has 8 aromatic carbocycles. The zero-order valence-corrected chi connectivity index (χ0v) is 51.4. The first-order valence-corrected chi connectivity index (χ1v) is 31.1. The molecule has 0 saturated carbocycles. The van der Waals surface area contributed by atoms with E-state index in [1.54, 1.807) is 53.9 Å². The van der Waals surface area contributed by atoms with Crippen LogP contribution in [0.5, 0.6) is 11.5 Å². The van der Waals surface area contributed by atoms with E-state index in [1.807, 2.05) is 164 Å². The van der Waals surface area contributed by atoms with Gasteiger partial charge < -0.3 is 39.2 Å². The predicted octanol–water partition coefficient (Wildman–Crippen LogP) is 11.7. The second-order valence-corrected chi connectivity index (χ2v) is 23.1. The average molecular weight is 1270 g/mol. The molecule has 18 nitrogen and oxygen atoms in total. The number of thioether (sulfide) groups is 1. The lowest BCUT2D eigenvalue weighted by Crippen LogP contribution is -2.71. The van der Waals surface area contributed by atoms with Crippen LogP contribution in [0, 0.1) is 0 Å². The maximum absolute atomic E-state index is 15.5. The summed E-state index contributed by atoms with van der Waals surface area (Å²) in [4.78, 5) is 110. The number of rotatable bonds is 23. The molecule has 3 heterocycles. The standard InChI is InChI=1S/C72H59N5O13S2/c1-45(78)85-42-53-43-91-68-61(67(82)77(68)62(53)69(83)88-63(48-25-11-4-12-26-48)49-27-13-5-14-28-49)74-66(81)60(57-44-92-71(73-57)75-72(54-33-19-8-20-34-54,55-35-21-9-22-36-55)56-37-23-10-24-38-56)76-90-65(52-39-40-58(86-46(2)79)59(41-52)87-47(3)80)70(84)89-64(50-29-15-6-16-30-50)51-31-17-7-18-32-51/h4-41,44,61,63-65,68H,42-43H2,1-3H3,(H,73,75)(H,74,81)/t61-,65?,68-/m1/s1. The van der Waals surface area contributed by atoms with Crippen molar-refractivity contribution < 1.29 is 62.1 Å². The van der Waals surface area contributed by atoms with Gasteiger partial charge in [0.25, 0.3) is 11.8 Å². The lowest BCUT2D eigenvalue weighted by atomic mass is 9.77. The molecule has 0 radical (unpaired) electrons. The molecule has 20 heteroatoms. The smallest absolute Gasteiger partial charge is 0.356 e. The van der Waals surface area contributed by atoms with Crippen LogP contribution < -0.4 is 20.1 Å². The maximum atomic E-state index is 15.5. The van der Waals surface area contributed by atoms with E-state index in [9.17, 15) is 24.0 Å². The van der Waals surface area contributed by atoms with Gasteiger partial charge in [0.05, 0.1) is 0 Å². The number of ether oxygens (including phenoxy) is 5. The van der Waals surface area contributed by atoms with Crippen LogP contribution in [0.1, 0.15) is 89.3 Å². The van der Waals surface area contributed by atoms with Gasteiger partial charge in [-0.15, -0.1) is 23.1 Å². The van der Waals surface area contributed by atoms with Crippen molar-refractivity contribution in [2.75, 3.05) is 17.7 Å². The number of β-lactam (4-membered cyclic amide) rings is 1. The minimum absolute atomic E-state index is 0.0227. The molecular formula is C72H59N5O13S2. The number of nitrogens with one attached hydrogen (secondary N) is 2. The van der Waals surface area contributed by atoms with Crippen LogP contribution in [0.4, 0.5) is 5.13 Å². The van der Waals surface area contributed by atoms with E-state index in [4.69, 9.17) is 33.5 Å². The number of carbonyl (C=O) groups excluding carboxylic acids is 7. The van der Waals surface area contributed by atoms with Crippen LogP contribution in [-0.4, -0.2) is 81.0 Å². The van der Waals surface area contributed by atoms with Crippen molar-refractivity contribution >= 4 is 75.6 Å². The summed E-state index contributed by atoms with van der Waals surface area (Å²) >= 11 is 2.35. The Kier molecular flexibility index (Phi) is 19.5. The highest BCUT2D eigenvalue weighted by molar-refractivity contribution is 8.00. The van der Waals surface area contributed by atoms with Crippen LogP contribution in [0.2, 0.25) is 0 Å². The quantitative estimate of drug-likeness (QED) is 0.0115. The van der Waals surface area contributed by atoms with Gasteiger partial charge in [0, 0.05) is 43.0 Å². The lowest BCUT2D eigenvalue weighted by Gasteiger charge is -2.49. The second kappa shape index (κ2) is 28.7. The minimum Gasteiger partial charge on any atom is -0.461 e. The van der Waals surface area contributed by atoms with Gasteiger partial charge in [0.2, 0.25) is 6.10 Å². The zero-order valence-electron chi connectivity index (χ0n) is 49.8. The van der Waals surface area contributed by atoms with E-state index in [1.165, 1.54) is 41.8 Å². The summed E-state index contributed by atoms with van der Waals surface area (Å²) < 4.78 is 29.0. The van der Waals surface area contributed by atoms with Gasteiger partial charge in [-0.05, 0) is 51.1 Å². The average Bonchev–Trinajstić information content (AvgIpc) is 0.885. The lowest BCUT2D eigenvalue weighted by molar-refractivity contribution is -0.162. The first-order chi connectivity index (χ1) is 44.7. The monoisotopic (exact) mass is 1270 g/mol. The van der Waals surface area contributed by atoms with Gasteiger partial charge in [-0.2, -0.15) is 0 Å². The van der Waals surface area contributed by atoms with Crippen molar-refractivity contribution in [2.24, 2.45) is 5.16 Å². The van der Waals surface area contributed by atoms with Gasteiger partial charge in [-0.3, -0.25) is 28.9 Å². The Morgan fingerprint density at radius 1 is 0.587 bits per heavy atom. The molecule has 1 fully saturated rings. The van der Waals surface area contributed by atoms with Gasteiger partial charge in [0.15, 0.2) is 34.6 Å². The molecule has 0 aliphatic carbocycles. The molecule has 2 amide bonds. The highest BCUT2D eigenvalue weighted by Gasteiger charge is 2.55. The molecular weight excluding hydrogens is 1210 g/mol. The van der Waals surface area contributed by atoms with E-state index in [-0.39, 0.29) is 40.8 Å². The van der Waals surface area contributed by atoms with Gasteiger partial charge in [-0.1, -0.05) is 224 Å². The zero-order chi connectivity index (χ0) is 64.1. The highest BCUT2D eigenvalue weighted by Crippen LogP contribution is 2.44.